The van der Waals surface area contributed by atoms with Gasteiger partial charge in [-0.05, 0) is 43.4 Å². The Morgan fingerprint density at radius 2 is 1.76 bits per heavy atom. The first-order valence-corrected chi connectivity index (χ1v) is 11.0. The van der Waals surface area contributed by atoms with Crippen molar-refractivity contribution in [3.05, 3.63) is 65.2 Å². The van der Waals surface area contributed by atoms with Crippen molar-refractivity contribution in [2.45, 2.75) is 0 Å². The Morgan fingerprint density at radius 3 is 2.50 bits per heavy atom. The van der Waals surface area contributed by atoms with E-state index in [0.29, 0.717) is 28.5 Å². The van der Waals surface area contributed by atoms with Crippen LogP contribution in [-0.2, 0) is 0 Å². The lowest BCUT2D eigenvalue weighted by Crippen LogP contribution is -2.44. The lowest BCUT2D eigenvalue weighted by atomic mass is 10.2. The first kappa shape index (κ1) is 21.7. The number of nitrogens with two attached hydrogens (primary N) is 1. The number of rotatable bonds is 5. The fourth-order valence-corrected chi connectivity index (χ4v) is 4.04. The minimum Gasteiger partial charge on any atom is -0.495 e. The average Bonchev–Trinajstić information content (AvgIpc) is 2.85. The number of nitrogen functional groups attached to an aromatic ring is 1. The summed E-state index contributed by atoms with van der Waals surface area (Å²) in [5.74, 6) is 1.12. The number of nitrogens with zero attached hydrogens (tertiary/aromatic N) is 6. The molecule has 2 aromatic carbocycles. The number of aromatic nitrogens is 4. The van der Waals surface area contributed by atoms with Crippen LogP contribution in [0.2, 0.25) is 0 Å². The Bertz CT molecular complexity index is 1380. The summed E-state index contributed by atoms with van der Waals surface area (Å²) in [6.45, 7) is 3.92. The predicted molar refractivity (Wildman–Crippen MR) is 133 cm³/mol. The normalized spacial score (nSPS) is 14.4. The Kier molecular flexibility index (Phi) is 5.72. The maximum atomic E-state index is 12.6. The van der Waals surface area contributed by atoms with E-state index in [1.165, 1.54) is 10.8 Å². The van der Waals surface area contributed by atoms with Crippen LogP contribution in [0.3, 0.4) is 0 Å². The number of methoxy groups -OCH3 is 1. The molecule has 0 aliphatic carbocycles. The van der Waals surface area contributed by atoms with Gasteiger partial charge in [-0.25, -0.2) is 9.97 Å². The van der Waals surface area contributed by atoms with Crippen LogP contribution in [0.15, 0.2) is 59.7 Å². The third-order valence-electron chi connectivity index (χ3n) is 5.93. The summed E-state index contributed by atoms with van der Waals surface area (Å²) in [5, 5.41) is 3.22. The monoisotopic (exact) mass is 458 g/mol. The first-order valence-electron chi connectivity index (χ1n) is 11.0. The van der Waals surface area contributed by atoms with Gasteiger partial charge in [0.05, 0.1) is 30.9 Å². The average molecular weight is 459 g/mol. The number of hydrogen-bond acceptors (Lipinski definition) is 9. The van der Waals surface area contributed by atoms with Crippen LogP contribution >= 0.6 is 0 Å². The van der Waals surface area contributed by atoms with Crippen LogP contribution in [0.25, 0.3) is 16.9 Å². The molecule has 10 nitrogen and oxygen atoms in total. The lowest BCUT2D eigenvalue weighted by molar-refractivity contribution is 0.311. The lowest BCUT2D eigenvalue weighted by Gasteiger charge is -2.34. The molecule has 0 spiro atoms. The second kappa shape index (κ2) is 8.99. The predicted octanol–water partition coefficient (Wildman–Crippen LogP) is 2.26. The van der Waals surface area contributed by atoms with Crippen molar-refractivity contribution in [3.8, 4) is 11.4 Å². The van der Waals surface area contributed by atoms with Crippen LogP contribution in [0, 0.1) is 0 Å². The molecule has 0 saturated carbocycles. The highest BCUT2D eigenvalue weighted by atomic mass is 16.5. The molecule has 174 valence electrons. The van der Waals surface area contributed by atoms with Gasteiger partial charge < -0.3 is 25.6 Å². The number of benzene rings is 2. The maximum Gasteiger partial charge on any atom is 0.275 e. The largest absolute Gasteiger partial charge is 0.495 e. The van der Waals surface area contributed by atoms with Crippen molar-refractivity contribution >= 4 is 34.2 Å². The first-order chi connectivity index (χ1) is 16.5. The highest BCUT2D eigenvalue weighted by molar-refractivity contribution is 5.74. The molecule has 0 atom stereocenters. The minimum atomic E-state index is -0.292. The fraction of sp³-hybridized carbons (Fsp3) is 0.250. The summed E-state index contributed by atoms with van der Waals surface area (Å²) < 4.78 is 7.17. The Morgan fingerprint density at radius 1 is 1.00 bits per heavy atom. The molecular weight excluding hydrogens is 432 g/mol. The highest BCUT2D eigenvalue weighted by Gasteiger charge is 2.18. The highest BCUT2D eigenvalue weighted by Crippen LogP contribution is 2.32. The van der Waals surface area contributed by atoms with Gasteiger partial charge >= 0.3 is 0 Å². The molecule has 0 radical (unpaired) electrons. The van der Waals surface area contributed by atoms with Crippen molar-refractivity contribution in [1.82, 2.24) is 24.4 Å². The van der Waals surface area contributed by atoms with E-state index < -0.39 is 0 Å². The summed E-state index contributed by atoms with van der Waals surface area (Å²) in [4.78, 5) is 30.4. The Hall–Kier alpha value is -4.18. The summed E-state index contributed by atoms with van der Waals surface area (Å²) in [6, 6.07) is 13.0. The van der Waals surface area contributed by atoms with E-state index in [2.05, 4.69) is 37.1 Å². The summed E-state index contributed by atoms with van der Waals surface area (Å²) >= 11 is 0. The van der Waals surface area contributed by atoms with Gasteiger partial charge in [-0.3, -0.25) is 9.36 Å². The molecule has 1 aliphatic rings. The summed E-state index contributed by atoms with van der Waals surface area (Å²) in [6.07, 6.45) is 2.85. The molecule has 34 heavy (non-hydrogen) atoms. The second-order valence-corrected chi connectivity index (χ2v) is 8.23. The molecule has 2 aromatic heterocycles. The van der Waals surface area contributed by atoms with E-state index >= 15 is 0 Å². The van der Waals surface area contributed by atoms with Gasteiger partial charge in [0.2, 0.25) is 5.95 Å². The number of ether oxygens (including phenoxy) is 1. The number of likely N-dealkylation sites (N-methyl/N-ethyl adjacent to an activating group) is 1. The van der Waals surface area contributed by atoms with Crippen LogP contribution in [-0.4, -0.2) is 64.8 Å². The van der Waals surface area contributed by atoms with E-state index in [1.807, 2.05) is 18.2 Å². The molecule has 4 aromatic rings. The quantitative estimate of drug-likeness (QED) is 0.435. The molecule has 1 fully saturated rings. The van der Waals surface area contributed by atoms with Crippen molar-refractivity contribution < 1.29 is 4.74 Å². The van der Waals surface area contributed by atoms with Crippen LogP contribution in [0.5, 0.6) is 5.75 Å². The zero-order valence-electron chi connectivity index (χ0n) is 19.1. The molecule has 10 heteroatoms. The molecular formula is C24H26N8O2. The van der Waals surface area contributed by atoms with Crippen molar-refractivity contribution in [2.75, 3.05) is 56.3 Å². The molecule has 0 unspecified atom stereocenters. The molecule has 1 aliphatic heterocycles. The van der Waals surface area contributed by atoms with E-state index in [0.717, 1.165) is 43.3 Å². The maximum absolute atomic E-state index is 12.6. The van der Waals surface area contributed by atoms with E-state index in [9.17, 15) is 4.79 Å². The van der Waals surface area contributed by atoms with Gasteiger partial charge in [0.1, 0.15) is 11.3 Å². The van der Waals surface area contributed by atoms with Crippen molar-refractivity contribution in [2.24, 2.45) is 0 Å². The van der Waals surface area contributed by atoms with Crippen LogP contribution in [0.4, 0.5) is 23.0 Å². The molecule has 1 saturated heterocycles. The second-order valence-electron chi connectivity index (χ2n) is 8.23. The van der Waals surface area contributed by atoms with Crippen LogP contribution in [0.1, 0.15) is 0 Å². The van der Waals surface area contributed by atoms with E-state index in [-0.39, 0.29) is 5.56 Å². The van der Waals surface area contributed by atoms with Gasteiger partial charge in [-0.15, -0.1) is 0 Å². The standard InChI is InChI=1S/C24H26N8O2/c1-30-9-11-31(12-10-30)20-8-5-17(13-21(20)34-2)28-24-27-14-19-23(29-24)32(22(33)15-26-19)18-6-3-16(25)4-7-18/h3-8,13-15H,9-12,25H2,1-2H3,(H,27,28,29). The number of piperazine rings is 1. The topological polar surface area (TPSA) is 114 Å². The number of fused-ring (bicyclic) bond motifs is 1. The molecule has 0 amide bonds. The number of hydrogen-bond donors (Lipinski definition) is 2. The molecule has 0 bridgehead atoms. The third kappa shape index (κ3) is 4.23. The van der Waals surface area contributed by atoms with E-state index in [1.54, 1.807) is 37.6 Å². The van der Waals surface area contributed by atoms with Gasteiger partial charge in [-0.2, -0.15) is 4.98 Å². The summed E-state index contributed by atoms with van der Waals surface area (Å²) in [5.41, 5.74) is 9.51. The van der Waals surface area contributed by atoms with Gasteiger partial charge in [-0.1, -0.05) is 0 Å². The smallest absolute Gasteiger partial charge is 0.275 e. The summed E-state index contributed by atoms with van der Waals surface area (Å²) in [7, 11) is 3.80. The minimum absolute atomic E-state index is 0.292. The molecule has 5 rings (SSSR count). The molecule has 3 heterocycles. The van der Waals surface area contributed by atoms with Crippen molar-refractivity contribution in [1.29, 1.82) is 0 Å². The number of nitrogens with one attached hydrogen (secondary N) is 1. The zero-order valence-corrected chi connectivity index (χ0v) is 19.1. The third-order valence-corrected chi connectivity index (χ3v) is 5.93. The van der Waals surface area contributed by atoms with Crippen molar-refractivity contribution in [3.63, 3.8) is 0 Å². The SMILES string of the molecule is COc1cc(Nc2ncc3ncc(=O)n(-c4ccc(N)cc4)c3n2)ccc1N1CCN(C)CC1. The van der Waals surface area contributed by atoms with Crippen LogP contribution < -0.4 is 26.2 Å². The van der Waals surface area contributed by atoms with Gasteiger partial charge in [0.25, 0.3) is 5.56 Å². The number of anilines is 4. The Labute approximate surface area is 196 Å². The molecule has 3 N–H and O–H groups in total. The van der Waals surface area contributed by atoms with Gasteiger partial charge in [0, 0.05) is 43.6 Å². The van der Waals surface area contributed by atoms with E-state index in [4.69, 9.17) is 10.5 Å². The van der Waals surface area contributed by atoms with Gasteiger partial charge in [0.15, 0.2) is 5.65 Å². The Balaban J connectivity index is 1.48. The fourth-order valence-electron chi connectivity index (χ4n) is 4.04. The zero-order chi connectivity index (χ0) is 23.7.